The second kappa shape index (κ2) is 7.42. The van der Waals surface area contributed by atoms with Crippen LogP contribution in [0.2, 0.25) is 0 Å². The summed E-state index contributed by atoms with van der Waals surface area (Å²) in [7, 11) is 1.91. The molecule has 0 aliphatic carbocycles. The minimum atomic E-state index is -0.679. The average Bonchev–Trinajstić information content (AvgIpc) is 2.76. The van der Waals surface area contributed by atoms with Gasteiger partial charge >= 0.3 is 0 Å². The van der Waals surface area contributed by atoms with Crippen LogP contribution in [0.1, 0.15) is 40.6 Å². The molecule has 5 heteroatoms. The lowest BCUT2D eigenvalue weighted by Crippen LogP contribution is -2.28. The third-order valence-corrected chi connectivity index (χ3v) is 4.30. The molecule has 2 aromatic rings. The molecular formula is C18H25N3O2. The van der Waals surface area contributed by atoms with E-state index in [4.69, 9.17) is 0 Å². The zero-order chi connectivity index (χ0) is 17.0. The molecule has 2 N–H and O–H groups in total. The van der Waals surface area contributed by atoms with Crippen molar-refractivity contribution in [3.05, 3.63) is 52.3 Å². The van der Waals surface area contributed by atoms with Gasteiger partial charge in [0, 0.05) is 25.7 Å². The Kier molecular flexibility index (Phi) is 5.55. The highest BCUT2D eigenvalue weighted by Gasteiger charge is 2.13. The van der Waals surface area contributed by atoms with Gasteiger partial charge in [-0.2, -0.15) is 5.10 Å². The monoisotopic (exact) mass is 315 g/mol. The van der Waals surface area contributed by atoms with E-state index in [2.05, 4.69) is 10.4 Å². The number of aryl methyl sites for hydroxylation is 3. The number of nitrogens with zero attached hydrogens (tertiary/aromatic N) is 2. The molecule has 2 rings (SSSR count). The molecule has 1 amide bonds. The lowest BCUT2D eigenvalue weighted by atomic mass is 10.0. The van der Waals surface area contributed by atoms with E-state index in [1.165, 1.54) is 0 Å². The SMILES string of the molecule is Cc1ccccc1C(O)CNC(=O)CCc1c(C)nn(C)c1C. The Morgan fingerprint density at radius 2 is 2.00 bits per heavy atom. The van der Waals surface area contributed by atoms with E-state index in [1.54, 1.807) is 0 Å². The van der Waals surface area contributed by atoms with Crippen LogP contribution < -0.4 is 5.32 Å². The number of aliphatic hydroxyl groups is 1. The zero-order valence-corrected chi connectivity index (χ0v) is 14.3. The Labute approximate surface area is 137 Å². The number of aliphatic hydroxyl groups excluding tert-OH is 1. The number of rotatable bonds is 6. The van der Waals surface area contributed by atoms with Gasteiger partial charge in [0.05, 0.1) is 11.8 Å². The molecule has 0 aliphatic rings. The molecule has 1 atom stereocenters. The Hall–Kier alpha value is -2.14. The Morgan fingerprint density at radius 3 is 2.61 bits per heavy atom. The summed E-state index contributed by atoms with van der Waals surface area (Å²) in [4.78, 5) is 12.0. The van der Waals surface area contributed by atoms with Gasteiger partial charge in [0.2, 0.25) is 5.91 Å². The second-order valence-corrected chi connectivity index (χ2v) is 5.95. The number of amides is 1. The first-order chi connectivity index (χ1) is 10.9. The fourth-order valence-corrected chi connectivity index (χ4v) is 2.79. The summed E-state index contributed by atoms with van der Waals surface area (Å²) >= 11 is 0. The summed E-state index contributed by atoms with van der Waals surface area (Å²) in [6.45, 7) is 6.15. The topological polar surface area (TPSA) is 67.2 Å². The number of carbonyl (C=O) groups excluding carboxylic acids is 1. The van der Waals surface area contributed by atoms with Crippen LogP contribution in [0.3, 0.4) is 0 Å². The summed E-state index contributed by atoms with van der Waals surface area (Å²) in [6, 6.07) is 7.66. The summed E-state index contributed by atoms with van der Waals surface area (Å²) in [5, 5.41) is 17.4. The van der Waals surface area contributed by atoms with Gasteiger partial charge in [0.1, 0.15) is 0 Å². The smallest absolute Gasteiger partial charge is 0.220 e. The molecule has 0 saturated heterocycles. The quantitative estimate of drug-likeness (QED) is 0.858. The van der Waals surface area contributed by atoms with Crippen molar-refractivity contribution in [1.29, 1.82) is 0 Å². The van der Waals surface area contributed by atoms with Crippen molar-refractivity contribution < 1.29 is 9.90 Å². The maximum atomic E-state index is 12.0. The minimum absolute atomic E-state index is 0.0553. The molecule has 0 aliphatic heterocycles. The molecule has 0 spiro atoms. The lowest BCUT2D eigenvalue weighted by Gasteiger charge is -2.14. The van der Waals surface area contributed by atoms with Gasteiger partial charge in [0.25, 0.3) is 0 Å². The fraction of sp³-hybridized carbons (Fsp3) is 0.444. The molecule has 1 heterocycles. The molecule has 1 aromatic heterocycles. The van der Waals surface area contributed by atoms with Crippen molar-refractivity contribution in [3.63, 3.8) is 0 Å². The van der Waals surface area contributed by atoms with Crippen molar-refractivity contribution in [3.8, 4) is 0 Å². The first kappa shape index (κ1) is 17.2. The van der Waals surface area contributed by atoms with Crippen molar-refractivity contribution in [2.45, 2.75) is 39.7 Å². The van der Waals surface area contributed by atoms with E-state index in [9.17, 15) is 9.90 Å². The van der Waals surface area contributed by atoms with Gasteiger partial charge in [0.15, 0.2) is 0 Å². The van der Waals surface area contributed by atoms with E-state index >= 15 is 0 Å². The van der Waals surface area contributed by atoms with Gasteiger partial charge in [-0.1, -0.05) is 24.3 Å². The number of aromatic nitrogens is 2. The molecule has 0 fully saturated rings. The van der Waals surface area contributed by atoms with Crippen LogP contribution in [-0.2, 0) is 18.3 Å². The third kappa shape index (κ3) is 4.20. The van der Waals surface area contributed by atoms with Crippen LogP contribution in [0.5, 0.6) is 0 Å². The molecule has 0 radical (unpaired) electrons. The van der Waals surface area contributed by atoms with Crippen LogP contribution in [0.15, 0.2) is 24.3 Å². The second-order valence-electron chi connectivity index (χ2n) is 5.95. The third-order valence-electron chi connectivity index (χ3n) is 4.30. The van der Waals surface area contributed by atoms with E-state index < -0.39 is 6.10 Å². The zero-order valence-electron chi connectivity index (χ0n) is 14.3. The van der Waals surface area contributed by atoms with Gasteiger partial charge in [-0.25, -0.2) is 0 Å². The maximum absolute atomic E-state index is 12.0. The Morgan fingerprint density at radius 1 is 1.30 bits per heavy atom. The molecule has 1 unspecified atom stereocenters. The number of carbonyl (C=O) groups is 1. The highest BCUT2D eigenvalue weighted by atomic mass is 16.3. The van der Waals surface area contributed by atoms with Crippen molar-refractivity contribution in [2.24, 2.45) is 7.05 Å². The van der Waals surface area contributed by atoms with Crippen molar-refractivity contribution in [2.75, 3.05) is 6.54 Å². The number of nitrogens with one attached hydrogen (secondary N) is 1. The van der Waals surface area contributed by atoms with Gasteiger partial charge in [-0.05, 0) is 43.9 Å². The standard InChI is InChI=1S/C18H25N3O2/c1-12-7-5-6-8-15(12)17(22)11-19-18(23)10-9-16-13(2)20-21(4)14(16)3/h5-8,17,22H,9-11H2,1-4H3,(H,19,23). The first-order valence-electron chi connectivity index (χ1n) is 7.89. The molecule has 5 nitrogen and oxygen atoms in total. The summed E-state index contributed by atoms with van der Waals surface area (Å²) in [5.41, 5.74) is 5.07. The van der Waals surface area contributed by atoms with Crippen LogP contribution in [0, 0.1) is 20.8 Å². The molecule has 23 heavy (non-hydrogen) atoms. The lowest BCUT2D eigenvalue weighted by molar-refractivity contribution is -0.121. The van der Waals surface area contributed by atoms with Crippen LogP contribution in [0.4, 0.5) is 0 Å². The predicted octanol–water partition coefficient (Wildman–Crippen LogP) is 2.13. The minimum Gasteiger partial charge on any atom is -0.387 e. The number of hydrogen-bond acceptors (Lipinski definition) is 3. The number of hydrogen-bond donors (Lipinski definition) is 2. The van der Waals surface area contributed by atoms with Crippen LogP contribution >= 0.6 is 0 Å². The predicted molar refractivity (Wildman–Crippen MR) is 90.2 cm³/mol. The van der Waals surface area contributed by atoms with Crippen molar-refractivity contribution in [1.82, 2.24) is 15.1 Å². The highest BCUT2D eigenvalue weighted by molar-refractivity contribution is 5.76. The number of benzene rings is 1. The summed E-state index contributed by atoms with van der Waals surface area (Å²) < 4.78 is 1.84. The largest absolute Gasteiger partial charge is 0.387 e. The van der Waals surface area contributed by atoms with Gasteiger partial charge in [-0.3, -0.25) is 9.48 Å². The summed E-state index contributed by atoms with van der Waals surface area (Å²) in [5.74, 6) is -0.0553. The van der Waals surface area contributed by atoms with Crippen LogP contribution in [0.25, 0.3) is 0 Å². The molecule has 1 aromatic carbocycles. The highest BCUT2D eigenvalue weighted by Crippen LogP contribution is 2.17. The van der Waals surface area contributed by atoms with E-state index in [0.29, 0.717) is 12.8 Å². The molecule has 124 valence electrons. The molecular weight excluding hydrogens is 290 g/mol. The van der Waals surface area contributed by atoms with Gasteiger partial charge < -0.3 is 10.4 Å². The Balaban J connectivity index is 1.85. The Bertz CT molecular complexity index is 692. The van der Waals surface area contributed by atoms with Crippen LogP contribution in [-0.4, -0.2) is 27.3 Å². The molecule has 0 bridgehead atoms. The van der Waals surface area contributed by atoms with Gasteiger partial charge in [-0.15, -0.1) is 0 Å². The van der Waals surface area contributed by atoms with E-state index in [-0.39, 0.29) is 12.5 Å². The normalized spacial score (nSPS) is 12.2. The van der Waals surface area contributed by atoms with E-state index in [0.717, 1.165) is 28.1 Å². The average molecular weight is 315 g/mol. The summed E-state index contributed by atoms with van der Waals surface area (Å²) in [6.07, 6.45) is 0.382. The molecule has 0 saturated carbocycles. The first-order valence-corrected chi connectivity index (χ1v) is 7.89. The fourth-order valence-electron chi connectivity index (χ4n) is 2.79. The van der Waals surface area contributed by atoms with E-state index in [1.807, 2.05) is 56.8 Å². The maximum Gasteiger partial charge on any atom is 0.220 e. The van der Waals surface area contributed by atoms with Crippen molar-refractivity contribution >= 4 is 5.91 Å².